The molecule has 1 N–H and O–H groups in total. The first-order valence-electron chi connectivity index (χ1n) is 3.81. The van der Waals surface area contributed by atoms with Gasteiger partial charge in [0.25, 0.3) is 0 Å². The molecule has 0 aromatic carbocycles. The molecule has 0 bridgehead atoms. The van der Waals surface area contributed by atoms with Gasteiger partial charge in [0.1, 0.15) is 0 Å². The Morgan fingerprint density at radius 3 is 3.10 bits per heavy atom. The molecule has 1 fully saturated rings. The lowest BCUT2D eigenvalue weighted by molar-refractivity contribution is 0.232. The van der Waals surface area contributed by atoms with Crippen LogP contribution in [0, 0.1) is 0 Å². The highest BCUT2D eigenvalue weighted by Crippen LogP contribution is 2.07. The minimum atomic E-state index is 0.582. The van der Waals surface area contributed by atoms with Crippen LogP contribution in [0.25, 0.3) is 0 Å². The molecule has 60 valence electrons. The number of likely N-dealkylation sites (N-methyl/N-ethyl adjacent to an activating group) is 1. The van der Waals surface area contributed by atoms with Crippen molar-refractivity contribution in [3.63, 3.8) is 0 Å². The van der Waals surface area contributed by atoms with E-state index in [0.717, 1.165) is 6.54 Å². The fourth-order valence-corrected chi connectivity index (χ4v) is 1.66. The number of hydrogen-bond acceptors (Lipinski definition) is 2. The molecule has 2 nitrogen and oxygen atoms in total. The van der Waals surface area contributed by atoms with Crippen molar-refractivity contribution in [3.8, 4) is 0 Å². The van der Waals surface area contributed by atoms with Gasteiger partial charge in [0.2, 0.25) is 0 Å². The number of nitrogens with one attached hydrogen (secondary N) is 1. The van der Waals surface area contributed by atoms with Crippen molar-refractivity contribution in [1.82, 2.24) is 10.2 Å². The fourth-order valence-electron chi connectivity index (χ4n) is 1.44. The third kappa shape index (κ3) is 2.45. The number of rotatable bonds is 2. The van der Waals surface area contributed by atoms with Crippen LogP contribution in [0.2, 0.25) is 0 Å². The van der Waals surface area contributed by atoms with E-state index in [1.54, 1.807) is 0 Å². The first-order chi connectivity index (χ1) is 4.83. The first-order valence-corrected chi connectivity index (χ1v) is 4.34. The van der Waals surface area contributed by atoms with Gasteiger partial charge in [-0.1, -0.05) is 0 Å². The molecule has 1 heterocycles. The lowest BCUT2D eigenvalue weighted by Crippen LogP contribution is -2.43. The summed E-state index contributed by atoms with van der Waals surface area (Å²) in [6.45, 7) is 2.38. The minimum absolute atomic E-state index is 0.582. The molecule has 0 saturated carbocycles. The van der Waals surface area contributed by atoms with Crippen LogP contribution in [0.15, 0.2) is 0 Å². The van der Waals surface area contributed by atoms with Crippen molar-refractivity contribution in [2.75, 3.05) is 26.1 Å². The topological polar surface area (TPSA) is 15.3 Å². The molecule has 1 unspecified atom stereocenters. The second kappa shape index (κ2) is 4.16. The van der Waals surface area contributed by atoms with E-state index in [2.05, 4.69) is 17.3 Å². The van der Waals surface area contributed by atoms with Crippen molar-refractivity contribution < 1.29 is 0 Å². The number of nitrogens with zero attached hydrogens (tertiary/aromatic N) is 1. The maximum Gasteiger partial charge on any atom is 0.0715 e. The largest absolute Gasteiger partial charge is 0.305 e. The van der Waals surface area contributed by atoms with E-state index in [1.807, 2.05) is 0 Å². The number of alkyl halides is 1. The molecule has 1 aliphatic heterocycles. The Bertz CT molecular complexity index is 95.6. The summed E-state index contributed by atoms with van der Waals surface area (Å²) in [5, 5.41) is 3.24. The van der Waals surface area contributed by atoms with Crippen LogP contribution in [0.3, 0.4) is 0 Å². The summed E-state index contributed by atoms with van der Waals surface area (Å²) in [7, 11) is 2.15. The maximum absolute atomic E-state index is 5.55. The summed E-state index contributed by atoms with van der Waals surface area (Å²) in [6.07, 6.45) is 2.57. The second-order valence-corrected chi connectivity index (χ2v) is 3.21. The lowest BCUT2D eigenvalue weighted by atomic mass is 10.1. The predicted octanol–water partition coefficient (Wildman–Crippen LogP) is 0.866. The summed E-state index contributed by atoms with van der Waals surface area (Å²) in [6, 6.07) is 1.20. The molecule has 1 atom stereocenters. The van der Waals surface area contributed by atoms with Crippen LogP contribution in [0.5, 0.6) is 0 Å². The number of hydrogen-bond donors (Lipinski definition) is 1. The molecule has 0 aromatic heterocycles. The average molecular weight is 163 g/mol. The van der Waals surface area contributed by atoms with E-state index in [1.165, 1.54) is 19.4 Å². The smallest absolute Gasteiger partial charge is 0.0715 e. The Labute approximate surface area is 67.5 Å². The molecule has 10 heavy (non-hydrogen) atoms. The normalized spacial score (nSPS) is 28.8. The summed E-state index contributed by atoms with van der Waals surface area (Å²) >= 11 is 5.55. The van der Waals surface area contributed by atoms with E-state index in [9.17, 15) is 0 Å². The number of halogens is 1. The predicted molar refractivity (Wildman–Crippen MR) is 44.4 cm³/mol. The number of piperidine rings is 1. The van der Waals surface area contributed by atoms with E-state index in [0.29, 0.717) is 12.0 Å². The van der Waals surface area contributed by atoms with Gasteiger partial charge >= 0.3 is 0 Å². The number of likely N-dealkylation sites (tertiary alicyclic amines) is 1. The van der Waals surface area contributed by atoms with Gasteiger partial charge in [-0.05, 0) is 26.4 Å². The SMILES string of the molecule is CN1CCCC(NCCl)C1. The third-order valence-electron chi connectivity index (χ3n) is 1.99. The van der Waals surface area contributed by atoms with E-state index in [-0.39, 0.29) is 0 Å². The molecule has 1 rings (SSSR count). The van der Waals surface area contributed by atoms with Crippen LogP contribution in [-0.2, 0) is 0 Å². The summed E-state index contributed by atoms with van der Waals surface area (Å²) in [5.41, 5.74) is 0. The van der Waals surface area contributed by atoms with Gasteiger partial charge in [0.15, 0.2) is 0 Å². The highest BCUT2D eigenvalue weighted by molar-refractivity contribution is 6.17. The van der Waals surface area contributed by atoms with Crippen LogP contribution in [0.4, 0.5) is 0 Å². The Morgan fingerprint density at radius 2 is 2.50 bits per heavy atom. The monoisotopic (exact) mass is 162 g/mol. The van der Waals surface area contributed by atoms with Crippen LogP contribution in [-0.4, -0.2) is 37.1 Å². The highest BCUT2D eigenvalue weighted by atomic mass is 35.5. The Morgan fingerprint density at radius 1 is 1.70 bits per heavy atom. The summed E-state index contributed by atoms with van der Waals surface area (Å²) in [5.74, 6) is 0. The Balaban J connectivity index is 2.18. The maximum atomic E-state index is 5.55. The van der Waals surface area contributed by atoms with Crippen LogP contribution in [0.1, 0.15) is 12.8 Å². The van der Waals surface area contributed by atoms with Crippen molar-refractivity contribution in [2.24, 2.45) is 0 Å². The van der Waals surface area contributed by atoms with E-state index < -0.39 is 0 Å². The van der Waals surface area contributed by atoms with Gasteiger partial charge in [-0.2, -0.15) is 0 Å². The first kappa shape index (κ1) is 8.31. The van der Waals surface area contributed by atoms with Crippen molar-refractivity contribution in [2.45, 2.75) is 18.9 Å². The van der Waals surface area contributed by atoms with Gasteiger partial charge in [0, 0.05) is 12.6 Å². The Hall–Kier alpha value is 0.210. The standard InChI is InChI=1S/C7H15ClN2/c1-10-4-2-3-7(5-10)9-6-8/h7,9H,2-6H2,1H3. The molecule has 1 saturated heterocycles. The molecule has 0 radical (unpaired) electrons. The van der Waals surface area contributed by atoms with Crippen molar-refractivity contribution in [3.05, 3.63) is 0 Å². The third-order valence-corrected chi connectivity index (χ3v) is 2.14. The molecule has 0 spiro atoms. The summed E-state index contributed by atoms with van der Waals surface area (Å²) < 4.78 is 0. The molecule has 0 amide bonds. The Kier molecular flexibility index (Phi) is 3.46. The average Bonchev–Trinajstić information content (AvgIpc) is 1.88. The zero-order valence-corrected chi connectivity index (χ0v) is 7.19. The van der Waals surface area contributed by atoms with Gasteiger partial charge in [0.05, 0.1) is 6.00 Å². The van der Waals surface area contributed by atoms with Gasteiger partial charge in [-0.3, -0.25) is 5.32 Å². The van der Waals surface area contributed by atoms with Crippen LogP contribution < -0.4 is 5.32 Å². The highest BCUT2D eigenvalue weighted by Gasteiger charge is 2.15. The molecule has 3 heteroatoms. The van der Waals surface area contributed by atoms with Gasteiger partial charge in [-0.25, -0.2) is 0 Å². The van der Waals surface area contributed by atoms with Gasteiger partial charge in [-0.15, -0.1) is 11.6 Å². The molecule has 1 aliphatic rings. The quantitative estimate of drug-likeness (QED) is 0.479. The zero-order chi connectivity index (χ0) is 7.40. The lowest BCUT2D eigenvalue weighted by Gasteiger charge is -2.29. The minimum Gasteiger partial charge on any atom is -0.305 e. The van der Waals surface area contributed by atoms with Crippen LogP contribution >= 0.6 is 11.6 Å². The molecule has 0 aliphatic carbocycles. The van der Waals surface area contributed by atoms with E-state index in [4.69, 9.17) is 11.6 Å². The summed E-state index contributed by atoms with van der Waals surface area (Å²) in [4.78, 5) is 2.34. The van der Waals surface area contributed by atoms with E-state index >= 15 is 0 Å². The molecular formula is C7H15ClN2. The molecular weight excluding hydrogens is 148 g/mol. The van der Waals surface area contributed by atoms with Crippen molar-refractivity contribution >= 4 is 11.6 Å². The zero-order valence-electron chi connectivity index (χ0n) is 6.44. The second-order valence-electron chi connectivity index (χ2n) is 2.94. The van der Waals surface area contributed by atoms with Gasteiger partial charge < -0.3 is 4.90 Å². The molecule has 0 aromatic rings. The fraction of sp³-hybridized carbons (Fsp3) is 1.00. The van der Waals surface area contributed by atoms with Crippen molar-refractivity contribution in [1.29, 1.82) is 0 Å².